The van der Waals surface area contributed by atoms with Gasteiger partial charge in [-0.15, -0.1) is 11.3 Å². The zero-order valence-corrected chi connectivity index (χ0v) is 15.1. The van der Waals surface area contributed by atoms with E-state index in [9.17, 15) is 9.59 Å². The Labute approximate surface area is 154 Å². The Bertz CT molecular complexity index is 1000. The zero-order chi connectivity index (χ0) is 18.1. The van der Waals surface area contributed by atoms with Gasteiger partial charge >= 0.3 is 0 Å². The summed E-state index contributed by atoms with van der Waals surface area (Å²) in [5.41, 5.74) is 3.20. The first-order valence-electron chi connectivity index (χ1n) is 8.49. The van der Waals surface area contributed by atoms with Crippen molar-refractivity contribution in [3.05, 3.63) is 57.6 Å². The molecule has 4 rings (SSSR count). The SMILES string of the molecule is Cc1cc(=O)c(OC2CCN(C(=O)c3ccc4ncsc4c3)CC2)co1. The van der Waals surface area contributed by atoms with Gasteiger partial charge in [0.15, 0.2) is 0 Å². The molecule has 0 unspecified atom stereocenters. The van der Waals surface area contributed by atoms with Gasteiger partial charge in [0.1, 0.15) is 18.1 Å². The van der Waals surface area contributed by atoms with E-state index in [4.69, 9.17) is 9.15 Å². The maximum Gasteiger partial charge on any atom is 0.253 e. The van der Waals surface area contributed by atoms with Crippen molar-refractivity contribution in [3.63, 3.8) is 0 Å². The minimum Gasteiger partial charge on any atom is -0.483 e. The Morgan fingerprint density at radius 1 is 1.31 bits per heavy atom. The molecule has 0 N–H and O–H groups in total. The topological polar surface area (TPSA) is 72.6 Å². The summed E-state index contributed by atoms with van der Waals surface area (Å²) in [6, 6.07) is 7.02. The van der Waals surface area contributed by atoms with Gasteiger partial charge in [0.2, 0.25) is 11.2 Å². The number of rotatable bonds is 3. The molecular formula is C19H18N2O4S. The highest BCUT2D eigenvalue weighted by Gasteiger charge is 2.25. The molecule has 1 aliphatic heterocycles. The Morgan fingerprint density at radius 2 is 2.12 bits per heavy atom. The number of ether oxygens (including phenoxy) is 1. The van der Waals surface area contributed by atoms with Gasteiger partial charge in [-0.3, -0.25) is 9.59 Å². The first kappa shape index (κ1) is 16.8. The van der Waals surface area contributed by atoms with Gasteiger partial charge in [0.05, 0.1) is 15.7 Å². The number of nitrogens with zero attached hydrogens (tertiary/aromatic N) is 2. The van der Waals surface area contributed by atoms with Crippen LogP contribution < -0.4 is 10.2 Å². The van der Waals surface area contributed by atoms with Crippen LogP contribution in [0.4, 0.5) is 0 Å². The molecule has 0 radical (unpaired) electrons. The summed E-state index contributed by atoms with van der Waals surface area (Å²) >= 11 is 1.53. The fourth-order valence-electron chi connectivity index (χ4n) is 3.11. The van der Waals surface area contributed by atoms with E-state index in [2.05, 4.69) is 4.98 Å². The third kappa shape index (κ3) is 3.35. The molecule has 0 spiro atoms. The van der Waals surface area contributed by atoms with Crippen molar-refractivity contribution in [2.45, 2.75) is 25.9 Å². The summed E-state index contributed by atoms with van der Waals surface area (Å²) < 4.78 is 12.0. The molecule has 0 bridgehead atoms. The van der Waals surface area contributed by atoms with Crippen LogP contribution >= 0.6 is 11.3 Å². The number of amides is 1. The molecule has 0 aliphatic carbocycles. The molecule has 3 heterocycles. The molecule has 1 aromatic carbocycles. The highest BCUT2D eigenvalue weighted by molar-refractivity contribution is 7.16. The highest BCUT2D eigenvalue weighted by atomic mass is 32.1. The van der Waals surface area contributed by atoms with E-state index in [-0.39, 0.29) is 23.2 Å². The highest BCUT2D eigenvalue weighted by Crippen LogP contribution is 2.22. The van der Waals surface area contributed by atoms with Crippen LogP contribution in [0.5, 0.6) is 5.75 Å². The van der Waals surface area contributed by atoms with Crippen molar-refractivity contribution >= 4 is 27.5 Å². The van der Waals surface area contributed by atoms with Crippen LogP contribution in [0.2, 0.25) is 0 Å². The lowest BCUT2D eigenvalue weighted by Gasteiger charge is -2.32. The predicted octanol–water partition coefficient (Wildman–Crippen LogP) is 3.24. The summed E-state index contributed by atoms with van der Waals surface area (Å²) in [5, 5.41) is 0. The predicted molar refractivity (Wildman–Crippen MR) is 98.9 cm³/mol. The molecule has 1 amide bonds. The monoisotopic (exact) mass is 370 g/mol. The van der Waals surface area contributed by atoms with E-state index < -0.39 is 0 Å². The maximum absolute atomic E-state index is 12.7. The smallest absolute Gasteiger partial charge is 0.253 e. The molecule has 1 saturated heterocycles. The number of piperidine rings is 1. The summed E-state index contributed by atoms with van der Waals surface area (Å²) in [6.07, 6.45) is 2.64. The van der Waals surface area contributed by atoms with E-state index in [1.54, 1.807) is 12.4 Å². The molecule has 0 saturated carbocycles. The average molecular weight is 370 g/mol. The minimum atomic E-state index is -0.176. The van der Waals surface area contributed by atoms with Crippen LogP contribution in [0.25, 0.3) is 10.2 Å². The number of aromatic nitrogens is 1. The van der Waals surface area contributed by atoms with Crippen molar-refractivity contribution in [2.24, 2.45) is 0 Å². The second kappa shape index (κ2) is 6.92. The molecule has 7 heteroatoms. The molecule has 134 valence electrons. The minimum absolute atomic E-state index is 0.0219. The van der Waals surface area contributed by atoms with E-state index in [0.29, 0.717) is 37.3 Å². The Balaban J connectivity index is 1.39. The average Bonchev–Trinajstić information content (AvgIpc) is 3.12. The number of carbonyl (C=O) groups excluding carboxylic acids is 1. The third-order valence-electron chi connectivity index (χ3n) is 4.53. The number of thiazole rings is 1. The number of likely N-dealkylation sites (tertiary alicyclic amines) is 1. The lowest BCUT2D eigenvalue weighted by molar-refractivity contribution is 0.0589. The number of carbonyl (C=O) groups is 1. The lowest BCUT2D eigenvalue weighted by Crippen LogP contribution is -2.42. The lowest BCUT2D eigenvalue weighted by atomic mass is 10.1. The molecular weight excluding hydrogens is 352 g/mol. The Morgan fingerprint density at radius 3 is 2.88 bits per heavy atom. The van der Waals surface area contributed by atoms with Gasteiger partial charge < -0.3 is 14.1 Å². The second-order valence-corrected chi connectivity index (χ2v) is 7.25. The zero-order valence-electron chi connectivity index (χ0n) is 14.3. The van der Waals surface area contributed by atoms with Gasteiger partial charge in [-0.1, -0.05) is 0 Å². The van der Waals surface area contributed by atoms with E-state index in [1.807, 2.05) is 23.1 Å². The van der Waals surface area contributed by atoms with E-state index in [1.165, 1.54) is 23.7 Å². The largest absolute Gasteiger partial charge is 0.483 e. The fourth-order valence-corrected chi connectivity index (χ4v) is 3.82. The summed E-state index contributed by atoms with van der Waals surface area (Å²) in [5.74, 6) is 0.810. The molecule has 2 aromatic heterocycles. The standard InChI is InChI=1S/C19H18N2O4S/c1-12-8-16(22)17(10-24-12)25-14-4-6-21(7-5-14)19(23)13-2-3-15-18(9-13)26-11-20-15/h2-3,8-11,14H,4-7H2,1H3. The van der Waals surface area contributed by atoms with Crippen LogP contribution in [-0.2, 0) is 0 Å². The molecule has 1 aliphatic rings. The first-order valence-corrected chi connectivity index (χ1v) is 9.37. The normalized spacial score (nSPS) is 15.3. The molecule has 3 aromatic rings. The van der Waals surface area contributed by atoms with Crippen molar-refractivity contribution < 1.29 is 13.9 Å². The first-order chi connectivity index (χ1) is 12.6. The van der Waals surface area contributed by atoms with Crippen molar-refractivity contribution in [3.8, 4) is 5.75 Å². The Kier molecular flexibility index (Phi) is 4.46. The molecule has 6 nitrogen and oxygen atoms in total. The van der Waals surface area contributed by atoms with Crippen LogP contribution in [0.1, 0.15) is 29.0 Å². The number of fused-ring (bicyclic) bond motifs is 1. The Hall–Kier alpha value is -2.67. The quantitative estimate of drug-likeness (QED) is 0.708. The number of benzene rings is 1. The van der Waals surface area contributed by atoms with Gasteiger partial charge in [-0.2, -0.15) is 0 Å². The molecule has 26 heavy (non-hydrogen) atoms. The summed E-state index contributed by atoms with van der Waals surface area (Å²) in [4.78, 5) is 30.7. The van der Waals surface area contributed by atoms with Gasteiger partial charge in [0.25, 0.3) is 5.91 Å². The van der Waals surface area contributed by atoms with Crippen LogP contribution in [0, 0.1) is 6.92 Å². The molecule has 1 fully saturated rings. The van der Waals surface area contributed by atoms with Crippen molar-refractivity contribution in [2.75, 3.05) is 13.1 Å². The number of aryl methyl sites for hydroxylation is 1. The van der Waals surface area contributed by atoms with E-state index in [0.717, 1.165) is 10.2 Å². The number of hydrogen-bond acceptors (Lipinski definition) is 6. The number of hydrogen-bond donors (Lipinski definition) is 0. The summed E-state index contributed by atoms with van der Waals surface area (Å²) in [6.45, 7) is 2.92. The van der Waals surface area contributed by atoms with E-state index >= 15 is 0 Å². The maximum atomic E-state index is 12.7. The van der Waals surface area contributed by atoms with Crippen LogP contribution in [-0.4, -0.2) is 35.0 Å². The molecule has 0 atom stereocenters. The van der Waals surface area contributed by atoms with Gasteiger partial charge in [-0.25, -0.2) is 4.98 Å². The second-order valence-electron chi connectivity index (χ2n) is 6.36. The van der Waals surface area contributed by atoms with Gasteiger partial charge in [-0.05, 0) is 25.1 Å². The third-order valence-corrected chi connectivity index (χ3v) is 5.32. The van der Waals surface area contributed by atoms with Crippen LogP contribution in [0.15, 0.2) is 45.3 Å². The van der Waals surface area contributed by atoms with Crippen molar-refractivity contribution in [1.82, 2.24) is 9.88 Å². The van der Waals surface area contributed by atoms with Crippen molar-refractivity contribution in [1.29, 1.82) is 0 Å². The van der Waals surface area contributed by atoms with Crippen LogP contribution in [0.3, 0.4) is 0 Å². The van der Waals surface area contributed by atoms with Gasteiger partial charge in [0, 0.05) is 37.6 Å². The fraction of sp³-hybridized carbons (Fsp3) is 0.316. The summed E-state index contributed by atoms with van der Waals surface area (Å²) in [7, 11) is 0.